The predicted molar refractivity (Wildman–Crippen MR) is 67.5 cm³/mol. The molecule has 2 aromatic rings. The molecule has 0 saturated heterocycles. The third kappa shape index (κ3) is 2.39. The van der Waals surface area contributed by atoms with Gasteiger partial charge in [-0.25, -0.2) is 4.98 Å². The molecular formula is C12H12BrF3N2. The Morgan fingerprint density at radius 3 is 2.28 bits per heavy atom. The molecule has 0 unspecified atom stereocenters. The fraction of sp³-hybridized carbons (Fsp3) is 0.417. The van der Waals surface area contributed by atoms with Gasteiger partial charge in [-0.3, -0.25) is 0 Å². The van der Waals surface area contributed by atoms with Crippen LogP contribution in [0.3, 0.4) is 0 Å². The van der Waals surface area contributed by atoms with E-state index in [1.165, 1.54) is 0 Å². The minimum absolute atomic E-state index is 0.139. The molecule has 0 spiro atoms. The second-order valence-corrected chi connectivity index (χ2v) is 6.04. The van der Waals surface area contributed by atoms with Crippen molar-refractivity contribution in [2.75, 3.05) is 0 Å². The van der Waals surface area contributed by atoms with E-state index in [1.807, 2.05) is 26.8 Å². The van der Waals surface area contributed by atoms with Crippen LogP contribution in [0.2, 0.25) is 0 Å². The molecular weight excluding hydrogens is 309 g/mol. The number of nitrogens with one attached hydrogen (secondary N) is 1. The summed E-state index contributed by atoms with van der Waals surface area (Å²) >= 11 is 3.27. The van der Waals surface area contributed by atoms with Crippen LogP contribution in [0.5, 0.6) is 0 Å². The van der Waals surface area contributed by atoms with Crippen molar-refractivity contribution in [2.24, 2.45) is 0 Å². The van der Waals surface area contributed by atoms with E-state index in [2.05, 4.69) is 25.9 Å². The van der Waals surface area contributed by atoms with E-state index in [-0.39, 0.29) is 5.41 Å². The van der Waals surface area contributed by atoms with Crippen LogP contribution in [0.25, 0.3) is 11.0 Å². The Morgan fingerprint density at radius 1 is 1.17 bits per heavy atom. The molecule has 1 N–H and O–H groups in total. The Morgan fingerprint density at radius 2 is 1.78 bits per heavy atom. The van der Waals surface area contributed by atoms with E-state index in [4.69, 9.17) is 0 Å². The summed E-state index contributed by atoms with van der Waals surface area (Å²) in [7, 11) is 0. The Hall–Kier alpha value is -1.04. The number of nitrogens with zero attached hydrogens (tertiary/aromatic N) is 1. The first-order chi connectivity index (χ1) is 8.09. The van der Waals surface area contributed by atoms with Crippen LogP contribution in [0.1, 0.15) is 32.2 Å². The molecule has 1 heterocycles. The van der Waals surface area contributed by atoms with Crippen molar-refractivity contribution in [3.05, 3.63) is 28.0 Å². The lowest BCUT2D eigenvalue weighted by Crippen LogP contribution is -2.10. The highest BCUT2D eigenvalue weighted by molar-refractivity contribution is 9.10. The third-order valence-electron chi connectivity index (χ3n) is 2.67. The maximum absolute atomic E-state index is 12.6. The summed E-state index contributed by atoms with van der Waals surface area (Å²) in [5.41, 5.74) is 1.50. The van der Waals surface area contributed by atoms with Crippen molar-refractivity contribution in [1.82, 2.24) is 9.97 Å². The fourth-order valence-electron chi connectivity index (χ4n) is 1.64. The molecule has 0 aliphatic rings. The normalized spacial score (nSPS) is 13.3. The van der Waals surface area contributed by atoms with E-state index in [1.54, 1.807) is 6.07 Å². The van der Waals surface area contributed by atoms with Crippen molar-refractivity contribution in [3.63, 3.8) is 0 Å². The van der Waals surface area contributed by atoms with Crippen molar-refractivity contribution in [2.45, 2.75) is 32.4 Å². The lowest BCUT2D eigenvalue weighted by Gasteiger charge is -2.19. The Bertz CT molecular complexity index is 594. The largest absolute Gasteiger partial charge is 0.449 e. The molecule has 2 rings (SSSR count). The first-order valence-electron chi connectivity index (χ1n) is 5.36. The SMILES string of the molecule is CC(C)(C)c1cc(Br)c2nc(C(F)(F)F)[nH]c2c1. The summed E-state index contributed by atoms with van der Waals surface area (Å²) in [6.45, 7) is 6.00. The maximum atomic E-state index is 12.6. The zero-order valence-corrected chi connectivity index (χ0v) is 11.7. The van der Waals surface area contributed by atoms with Crippen LogP contribution in [0.4, 0.5) is 13.2 Å². The van der Waals surface area contributed by atoms with Gasteiger partial charge in [0.15, 0.2) is 0 Å². The van der Waals surface area contributed by atoms with Gasteiger partial charge in [0.05, 0.1) is 5.52 Å². The Labute approximate surface area is 111 Å². The number of rotatable bonds is 0. The van der Waals surface area contributed by atoms with E-state index in [0.29, 0.717) is 15.5 Å². The van der Waals surface area contributed by atoms with Gasteiger partial charge in [0.2, 0.25) is 5.82 Å². The standard InChI is InChI=1S/C12H12BrF3N2/c1-11(2,3)6-4-7(13)9-8(5-6)17-10(18-9)12(14,15)16/h4-5H,1-3H3,(H,17,18). The van der Waals surface area contributed by atoms with E-state index < -0.39 is 12.0 Å². The molecule has 6 heteroatoms. The number of aromatic nitrogens is 2. The molecule has 0 fully saturated rings. The summed E-state index contributed by atoms with van der Waals surface area (Å²) in [5, 5.41) is 0. The average molecular weight is 321 g/mol. The highest BCUT2D eigenvalue weighted by Crippen LogP contribution is 2.34. The van der Waals surface area contributed by atoms with Gasteiger partial charge in [-0.2, -0.15) is 13.2 Å². The number of halogens is 4. The van der Waals surface area contributed by atoms with Crippen molar-refractivity contribution in [1.29, 1.82) is 0 Å². The number of imidazole rings is 1. The number of fused-ring (bicyclic) bond motifs is 1. The van der Waals surface area contributed by atoms with Crippen LogP contribution < -0.4 is 0 Å². The molecule has 1 aromatic heterocycles. The minimum Gasteiger partial charge on any atom is -0.334 e. The summed E-state index contributed by atoms with van der Waals surface area (Å²) in [6, 6.07) is 3.52. The van der Waals surface area contributed by atoms with E-state index in [0.717, 1.165) is 5.56 Å². The number of hydrogen-bond donors (Lipinski definition) is 1. The van der Waals surface area contributed by atoms with Gasteiger partial charge < -0.3 is 4.98 Å². The van der Waals surface area contributed by atoms with Crippen LogP contribution in [-0.2, 0) is 11.6 Å². The molecule has 0 aliphatic carbocycles. The second kappa shape index (κ2) is 3.98. The summed E-state index contributed by atoms with van der Waals surface area (Å²) in [5.74, 6) is -0.968. The Balaban J connectivity index is 2.67. The van der Waals surface area contributed by atoms with Crippen molar-refractivity contribution in [3.8, 4) is 0 Å². The van der Waals surface area contributed by atoms with Crippen molar-refractivity contribution < 1.29 is 13.2 Å². The molecule has 0 amide bonds. The lowest BCUT2D eigenvalue weighted by molar-refractivity contribution is -0.144. The predicted octanol–water partition coefficient (Wildman–Crippen LogP) is 4.64. The molecule has 0 bridgehead atoms. The van der Waals surface area contributed by atoms with Gasteiger partial charge in [-0.15, -0.1) is 0 Å². The Kier molecular flexibility index (Phi) is 2.96. The molecule has 0 saturated carbocycles. The topological polar surface area (TPSA) is 28.7 Å². The van der Waals surface area contributed by atoms with Crippen LogP contribution in [0, 0.1) is 0 Å². The van der Waals surface area contributed by atoms with Crippen LogP contribution in [0.15, 0.2) is 16.6 Å². The number of benzene rings is 1. The molecule has 0 aliphatic heterocycles. The summed E-state index contributed by atoms with van der Waals surface area (Å²) in [4.78, 5) is 5.90. The first kappa shape index (κ1) is 13.4. The smallest absolute Gasteiger partial charge is 0.334 e. The number of hydrogen-bond acceptors (Lipinski definition) is 1. The summed E-state index contributed by atoms with van der Waals surface area (Å²) < 4.78 is 38.3. The quantitative estimate of drug-likeness (QED) is 0.752. The van der Waals surface area contributed by atoms with Gasteiger partial charge >= 0.3 is 6.18 Å². The second-order valence-electron chi connectivity index (χ2n) is 5.19. The maximum Gasteiger partial charge on any atom is 0.449 e. The third-order valence-corrected chi connectivity index (χ3v) is 3.28. The van der Waals surface area contributed by atoms with Gasteiger partial charge in [0.1, 0.15) is 5.52 Å². The molecule has 0 atom stereocenters. The zero-order valence-electron chi connectivity index (χ0n) is 10.1. The molecule has 18 heavy (non-hydrogen) atoms. The highest BCUT2D eigenvalue weighted by Gasteiger charge is 2.35. The monoisotopic (exact) mass is 320 g/mol. The first-order valence-corrected chi connectivity index (χ1v) is 6.15. The molecule has 98 valence electrons. The zero-order chi connectivity index (χ0) is 13.7. The van der Waals surface area contributed by atoms with Gasteiger partial charge in [-0.05, 0) is 39.0 Å². The average Bonchev–Trinajstić information content (AvgIpc) is 2.59. The van der Waals surface area contributed by atoms with Crippen molar-refractivity contribution >= 4 is 27.0 Å². The number of aromatic amines is 1. The number of H-pyrrole nitrogens is 1. The molecule has 0 radical (unpaired) electrons. The highest BCUT2D eigenvalue weighted by atomic mass is 79.9. The van der Waals surface area contributed by atoms with Gasteiger partial charge in [0, 0.05) is 4.47 Å². The van der Waals surface area contributed by atoms with Crippen LogP contribution >= 0.6 is 15.9 Å². The lowest BCUT2D eigenvalue weighted by atomic mass is 9.87. The minimum atomic E-state index is -4.46. The van der Waals surface area contributed by atoms with Gasteiger partial charge in [-0.1, -0.05) is 20.8 Å². The summed E-state index contributed by atoms with van der Waals surface area (Å²) in [6.07, 6.45) is -4.46. The number of alkyl halides is 3. The molecule has 1 aromatic carbocycles. The van der Waals surface area contributed by atoms with Gasteiger partial charge in [0.25, 0.3) is 0 Å². The fourth-order valence-corrected chi connectivity index (χ4v) is 2.19. The van der Waals surface area contributed by atoms with Crippen LogP contribution in [-0.4, -0.2) is 9.97 Å². The van der Waals surface area contributed by atoms with E-state index >= 15 is 0 Å². The van der Waals surface area contributed by atoms with E-state index in [9.17, 15) is 13.2 Å². The molecule has 2 nitrogen and oxygen atoms in total.